The summed E-state index contributed by atoms with van der Waals surface area (Å²) < 4.78 is 4.69. The van der Waals surface area contributed by atoms with Gasteiger partial charge in [-0.1, -0.05) is 190 Å². The van der Waals surface area contributed by atoms with Gasteiger partial charge < -0.3 is 9.13 Å². The van der Waals surface area contributed by atoms with Crippen LogP contribution in [0.3, 0.4) is 0 Å². The Morgan fingerprint density at radius 2 is 0.688 bits per heavy atom. The van der Waals surface area contributed by atoms with Crippen molar-refractivity contribution in [2.45, 2.75) is 53.0 Å². The number of para-hydroxylation sites is 5. The van der Waals surface area contributed by atoms with Gasteiger partial charge in [0.1, 0.15) is 0 Å². The van der Waals surface area contributed by atoms with E-state index >= 15 is 0 Å². The van der Waals surface area contributed by atoms with Crippen LogP contribution in [0.4, 0.5) is 0 Å². The van der Waals surface area contributed by atoms with Crippen molar-refractivity contribution in [1.82, 2.24) is 9.13 Å². The maximum atomic E-state index is 2.37. The predicted octanol–water partition coefficient (Wildman–Crippen LogP) is 16.2. The van der Waals surface area contributed by atoms with Gasteiger partial charge in [0.2, 0.25) is 0 Å². The normalized spacial score (nSPS) is 11.7. The molecule has 0 unspecified atom stereocenters. The van der Waals surface area contributed by atoms with E-state index in [9.17, 15) is 0 Å². The van der Waals surface area contributed by atoms with Crippen molar-refractivity contribution >= 4 is 43.6 Å². The molecule has 2 heterocycles. The summed E-state index contributed by atoms with van der Waals surface area (Å²) in [5, 5.41) is 5.33. The molecule has 0 radical (unpaired) electrons. The molecule has 13 rings (SSSR count). The Hall–Kier alpha value is -7.42. The molecule has 0 fully saturated rings. The van der Waals surface area contributed by atoms with E-state index in [1.54, 1.807) is 0 Å². The molecule has 2 aliphatic rings. The van der Waals surface area contributed by atoms with E-state index in [-0.39, 0.29) is 0 Å². The fourth-order valence-electron chi connectivity index (χ4n) is 9.90. The van der Waals surface area contributed by atoms with Crippen molar-refractivity contribution in [3.05, 3.63) is 246 Å². The van der Waals surface area contributed by atoms with Gasteiger partial charge in [0.15, 0.2) is 0 Å². The largest absolute Gasteiger partial charge is 0.341 e. The molecule has 2 aromatic heterocycles. The average Bonchev–Trinajstić information content (AvgIpc) is 4.12. The third-order valence-corrected chi connectivity index (χ3v) is 13.1. The van der Waals surface area contributed by atoms with Crippen LogP contribution < -0.4 is 0 Å². The van der Waals surface area contributed by atoms with E-state index in [4.69, 9.17) is 0 Å². The molecule has 312 valence electrons. The second-order valence-electron chi connectivity index (χ2n) is 16.8. The first-order chi connectivity index (χ1) is 31.6. The summed E-state index contributed by atoms with van der Waals surface area (Å²) in [6.45, 7) is 7.64. The van der Waals surface area contributed by atoms with E-state index in [2.05, 4.69) is 242 Å². The van der Waals surface area contributed by atoms with Crippen molar-refractivity contribution < 1.29 is 0 Å². The number of aromatic nitrogens is 2. The molecule has 0 saturated heterocycles. The quantitative estimate of drug-likeness (QED) is 0.167. The van der Waals surface area contributed by atoms with Crippen molar-refractivity contribution in [2.75, 3.05) is 0 Å². The number of fused-ring (bicyclic) bond motifs is 12. The van der Waals surface area contributed by atoms with Gasteiger partial charge in [0, 0.05) is 44.8 Å². The molecular weight excluding hydrogens is 773 g/mol. The second-order valence-corrected chi connectivity index (χ2v) is 16.8. The van der Waals surface area contributed by atoms with Crippen LogP contribution in [-0.2, 0) is 32.2 Å². The van der Waals surface area contributed by atoms with Crippen LogP contribution in [0.25, 0.3) is 71.6 Å². The highest BCUT2D eigenvalue weighted by molar-refractivity contribution is 6.09. The van der Waals surface area contributed by atoms with Crippen molar-refractivity contribution in [1.29, 1.82) is 0 Å². The molecule has 0 N–H and O–H groups in total. The van der Waals surface area contributed by atoms with Crippen molar-refractivity contribution in [3.8, 4) is 27.9 Å². The lowest BCUT2D eigenvalue weighted by atomic mass is 10.0. The predicted molar refractivity (Wildman–Crippen MR) is 274 cm³/mol. The van der Waals surface area contributed by atoms with Gasteiger partial charge in [-0.2, -0.15) is 0 Å². The van der Waals surface area contributed by atoms with E-state index in [1.165, 1.54) is 105 Å². The molecule has 0 saturated carbocycles. The number of rotatable bonds is 4. The lowest BCUT2D eigenvalue weighted by Gasteiger charge is -2.06. The first-order valence-electron chi connectivity index (χ1n) is 23.0. The van der Waals surface area contributed by atoms with Crippen molar-refractivity contribution in [2.24, 2.45) is 0 Å². The maximum Gasteiger partial charge on any atom is 0.0541 e. The van der Waals surface area contributed by atoms with E-state index < -0.39 is 0 Å². The first kappa shape index (κ1) is 40.6. The van der Waals surface area contributed by atoms with Crippen LogP contribution in [0.2, 0.25) is 0 Å². The van der Waals surface area contributed by atoms with Gasteiger partial charge in [-0.3, -0.25) is 0 Å². The summed E-state index contributed by atoms with van der Waals surface area (Å²) in [6, 6.07) is 76.1. The van der Waals surface area contributed by atoms with Gasteiger partial charge in [-0.15, -0.1) is 0 Å². The Kier molecular flexibility index (Phi) is 11.5. The Morgan fingerprint density at radius 3 is 1.12 bits per heavy atom. The standard InChI is InChI=1S/C18H13N.2C15H14.C14H13N/c1-2-8-14(9-3-1)19-17-12-6-4-10-15(17)16-11-5-7-13-18(16)19;2*1-2-11-7-8-13-10-12-5-3-4-6-14(12)15(13)9-11;1-2-15-13-9-5-3-7-11(13)12-8-4-6-10-14(12)15/h1-13H;2*3-9H,2,10H2,1H3;3-10H,2H2,1H3. The zero-order valence-electron chi connectivity index (χ0n) is 37.1. The molecule has 11 aromatic rings. The third-order valence-electron chi connectivity index (χ3n) is 13.1. The molecule has 2 heteroatoms. The highest BCUT2D eigenvalue weighted by Gasteiger charge is 2.19. The summed E-state index contributed by atoms with van der Waals surface area (Å²) in [5.74, 6) is 0. The number of benzene rings is 9. The molecule has 0 bridgehead atoms. The minimum absolute atomic E-state index is 1.02. The number of hydrogen-bond acceptors (Lipinski definition) is 0. The fourth-order valence-corrected chi connectivity index (χ4v) is 9.90. The average molecular weight is 827 g/mol. The molecule has 0 atom stereocenters. The Bertz CT molecular complexity index is 3200. The van der Waals surface area contributed by atoms with Crippen LogP contribution in [0.5, 0.6) is 0 Å². The van der Waals surface area contributed by atoms with Gasteiger partial charge in [-0.05, 0) is 125 Å². The fraction of sp³-hybridized carbons (Fsp3) is 0.129. The number of nitrogens with zero attached hydrogens (tertiary/aromatic N) is 2. The summed E-state index contributed by atoms with van der Waals surface area (Å²) in [5.41, 5.74) is 20.9. The van der Waals surface area contributed by atoms with Crippen LogP contribution in [0.15, 0.2) is 212 Å². The minimum Gasteiger partial charge on any atom is -0.341 e. The molecule has 2 nitrogen and oxygen atoms in total. The molecule has 2 aliphatic carbocycles. The third kappa shape index (κ3) is 7.71. The van der Waals surface area contributed by atoms with Gasteiger partial charge in [0.05, 0.1) is 11.0 Å². The van der Waals surface area contributed by atoms with Crippen LogP contribution >= 0.6 is 0 Å². The summed E-state index contributed by atoms with van der Waals surface area (Å²) >= 11 is 0. The summed E-state index contributed by atoms with van der Waals surface area (Å²) in [7, 11) is 0. The lowest BCUT2D eigenvalue weighted by Crippen LogP contribution is -1.92. The lowest BCUT2D eigenvalue weighted by molar-refractivity contribution is 0.827. The van der Waals surface area contributed by atoms with E-state index in [0.29, 0.717) is 0 Å². The Balaban J connectivity index is 0.000000102. The summed E-state index contributed by atoms with van der Waals surface area (Å²) in [4.78, 5) is 0. The zero-order chi connectivity index (χ0) is 43.4. The molecular formula is C62H54N2. The van der Waals surface area contributed by atoms with E-state index in [0.717, 1.165) is 32.2 Å². The molecule has 9 aromatic carbocycles. The van der Waals surface area contributed by atoms with Crippen LogP contribution in [0.1, 0.15) is 54.2 Å². The smallest absolute Gasteiger partial charge is 0.0541 e. The van der Waals surface area contributed by atoms with Crippen LogP contribution in [0, 0.1) is 0 Å². The first-order valence-corrected chi connectivity index (χ1v) is 23.0. The van der Waals surface area contributed by atoms with E-state index in [1.807, 2.05) is 0 Å². The van der Waals surface area contributed by atoms with Gasteiger partial charge in [0.25, 0.3) is 0 Å². The van der Waals surface area contributed by atoms with Crippen LogP contribution in [-0.4, -0.2) is 9.13 Å². The SMILES string of the molecule is CCc1ccc2c(c1)-c1ccccc1C2.CCc1ccc2c(c1)-c1ccccc1C2.CCn1c2ccccc2c2ccccc21.c1ccc(-n2c3ccccc3c3ccccc32)cc1. The number of hydrogen-bond donors (Lipinski definition) is 0. The molecule has 0 aliphatic heterocycles. The Morgan fingerprint density at radius 1 is 0.328 bits per heavy atom. The van der Waals surface area contributed by atoms with Gasteiger partial charge in [-0.25, -0.2) is 0 Å². The zero-order valence-corrected chi connectivity index (χ0v) is 37.1. The van der Waals surface area contributed by atoms with Gasteiger partial charge >= 0.3 is 0 Å². The summed E-state index contributed by atoms with van der Waals surface area (Å²) in [6.07, 6.45) is 4.45. The van der Waals surface area contributed by atoms with Crippen molar-refractivity contribution in [3.63, 3.8) is 0 Å². The topological polar surface area (TPSA) is 9.86 Å². The number of aryl methyl sites for hydroxylation is 3. The highest BCUT2D eigenvalue weighted by Crippen LogP contribution is 2.38. The Labute approximate surface area is 377 Å². The second kappa shape index (κ2) is 18.1. The highest BCUT2D eigenvalue weighted by atomic mass is 15.0. The molecule has 0 spiro atoms. The maximum absolute atomic E-state index is 2.37. The molecule has 0 amide bonds. The monoisotopic (exact) mass is 826 g/mol. The molecule has 64 heavy (non-hydrogen) atoms. The minimum atomic E-state index is 1.02.